The first-order chi connectivity index (χ1) is 10.4. The number of carbonyl (C=O) groups excluding carboxylic acids is 1. The summed E-state index contributed by atoms with van der Waals surface area (Å²) >= 11 is 0. The van der Waals surface area contributed by atoms with Gasteiger partial charge in [-0.25, -0.2) is 17.1 Å². The highest BCUT2D eigenvalue weighted by molar-refractivity contribution is 7.89. The third-order valence-corrected chi connectivity index (χ3v) is 5.77. The van der Waals surface area contributed by atoms with Crippen molar-refractivity contribution in [3.8, 4) is 0 Å². The summed E-state index contributed by atoms with van der Waals surface area (Å²) < 4.78 is 38.7. The minimum Gasteiger partial charge on any atom is -0.352 e. The first kappa shape index (κ1) is 16.9. The Hall–Kier alpha value is -1.47. The Kier molecular flexibility index (Phi) is 5.52. The van der Waals surface area contributed by atoms with Gasteiger partial charge in [0, 0.05) is 25.2 Å². The van der Waals surface area contributed by atoms with Crippen LogP contribution in [0.15, 0.2) is 24.3 Å². The van der Waals surface area contributed by atoms with E-state index in [0.717, 1.165) is 0 Å². The first-order valence-corrected chi connectivity index (χ1v) is 9.04. The Morgan fingerprint density at radius 1 is 1.41 bits per heavy atom. The molecule has 1 aromatic carbocycles. The van der Waals surface area contributed by atoms with Gasteiger partial charge in [-0.2, -0.15) is 0 Å². The molecule has 1 aliphatic rings. The fourth-order valence-corrected chi connectivity index (χ4v) is 3.74. The van der Waals surface area contributed by atoms with Gasteiger partial charge < -0.3 is 5.32 Å². The average Bonchev–Trinajstić information content (AvgIpc) is 2.54. The van der Waals surface area contributed by atoms with E-state index in [1.807, 2.05) is 0 Å². The molecule has 1 heterocycles. The van der Waals surface area contributed by atoms with Crippen molar-refractivity contribution in [2.75, 3.05) is 18.8 Å². The van der Waals surface area contributed by atoms with Crippen LogP contribution < -0.4 is 5.32 Å². The fourth-order valence-electron chi connectivity index (χ4n) is 2.56. The zero-order valence-corrected chi connectivity index (χ0v) is 13.4. The van der Waals surface area contributed by atoms with Gasteiger partial charge in [-0.1, -0.05) is 18.2 Å². The van der Waals surface area contributed by atoms with Gasteiger partial charge in [0.25, 0.3) is 0 Å². The van der Waals surface area contributed by atoms with Crippen LogP contribution in [0.4, 0.5) is 4.39 Å². The summed E-state index contributed by atoms with van der Waals surface area (Å²) in [5, 5.41) is 2.70. The number of nitrogens with zero attached hydrogens (tertiary/aromatic N) is 1. The third-order valence-electron chi connectivity index (χ3n) is 3.92. The SMILES string of the molecule is CCS(=O)(=O)N1CCCC(C(=O)NCc2ccccc2F)C1. The fraction of sp³-hybridized carbons (Fsp3) is 0.533. The first-order valence-electron chi connectivity index (χ1n) is 7.43. The van der Waals surface area contributed by atoms with Crippen molar-refractivity contribution in [1.29, 1.82) is 0 Å². The monoisotopic (exact) mass is 328 g/mol. The third kappa shape index (κ3) is 4.04. The number of halogens is 1. The van der Waals surface area contributed by atoms with Gasteiger partial charge in [0.15, 0.2) is 0 Å². The molecule has 0 radical (unpaired) electrons. The summed E-state index contributed by atoms with van der Waals surface area (Å²) in [6.45, 7) is 2.38. The smallest absolute Gasteiger partial charge is 0.224 e. The van der Waals surface area contributed by atoms with Gasteiger partial charge in [-0.3, -0.25) is 4.79 Å². The molecule has 0 saturated carbocycles. The summed E-state index contributed by atoms with van der Waals surface area (Å²) in [6.07, 6.45) is 1.32. The van der Waals surface area contributed by atoms with Gasteiger partial charge in [-0.05, 0) is 25.8 Å². The van der Waals surface area contributed by atoms with Crippen LogP contribution in [0.5, 0.6) is 0 Å². The summed E-state index contributed by atoms with van der Waals surface area (Å²) in [5.74, 6) is -0.918. The molecule has 1 atom stereocenters. The summed E-state index contributed by atoms with van der Waals surface area (Å²) in [6, 6.07) is 6.26. The number of sulfonamides is 1. The minimum absolute atomic E-state index is 0.0383. The van der Waals surface area contributed by atoms with Crippen molar-refractivity contribution in [3.05, 3.63) is 35.6 Å². The maximum absolute atomic E-state index is 13.5. The number of nitrogens with one attached hydrogen (secondary N) is 1. The van der Waals surface area contributed by atoms with Gasteiger partial charge >= 0.3 is 0 Å². The Labute approximate surface area is 130 Å². The van der Waals surface area contributed by atoms with E-state index in [9.17, 15) is 17.6 Å². The van der Waals surface area contributed by atoms with Gasteiger partial charge in [0.1, 0.15) is 5.82 Å². The highest BCUT2D eigenvalue weighted by Gasteiger charge is 2.31. The molecule has 1 aromatic rings. The lowest BCUT2D eigenvalue weighted by molar-refractivity contribution is -0.126. The van der Waals surface area contributed by atoms with Gasteiger partial charge in [-0.15, -0.1) is 0 Å². The summed E-state index contributed by atoms with van der Waals surface area (Å²) in [4.78, 5) is 12.2. The minimum atomic E-state index is -3.27. The lowest BCUT2D eigenvalue weighted by Crippen LogP contribution is -2.45. The number of carbonyl (C=O) groups is 1. The number of hydrogen-bond donors (Lipinski definition) is 1. The molecule has 5 nitrogen and oxygen atoms in total. The molecule has 1 amide bonds. The molecular formula is C15H21FN2O3S. The summed E-state index contributed by atoms with van der Waals surface area (Å²) in [5.41, 5.74) is 0.421. The van der Waals surface area contributed by atoms with Crippen molar-refractivity contribution in [3.63, 3.8) is 0 Å². The van der Waals surface area contributed by atoms with E-state index in [0.29, 0.717) is 24.9 Å². The van der Waals surface area contributed by atoms with Crippen LogP contribution in [0, 0.1) is 11.7 Å². The largest absolute Gasteiger partial charge is 0.352 e. The van der Waals surface area contributed by atoms with Gasteiger partial charge in [0.05, 0.1) is 11.7 Å². The average molecular weight is 328 g/mol. The predicted octanol–water partition coefficient (Wildman–Crippen LogP) is 1.50. The number of hydrogen-bond acceptors (Lipinski definition) is 3. The molecule has 1 aliphatic heterocycles. The van der Waals surface area contributed by atoms with E-state index in [4.69, 9.17) is 0 Å². The summed E-state index contributed by atoms with van der Waals surface area (Å²) in [7, 11) is -3.27. The maximum Gasteiger partial charge on any atom is 0.224 e. The highest BCUT2D eigenvalue weighted by atomic mass is 32.2. The normalized spacial score (nSPS) is 19.8. The van der Waals surface area contributed by atoms with Crippen molar-refractivity contribution in [2.45, 2.75) is 26.3 Å². The number of benzene rings is 1. The molecule has 7 heteroatoms. The Balaban J connectivity index is 1.94. The lowest BCUT2D eigenvalue weighted by Gasteiger charge is -2.30. The zero-order chi connectivity index (χ0) is 16.2. The molecule has 0 aliphatic carbocycles. The highest BCUT2D eigenvalue weighted by Crippen LogP contribution is 2.20. The zero-order valence-electron chi connectivity index (χ0n) is 12.6. The molecule has 1 saturated heterocycles. The number of piperidine rings is 1. The lowest BCUT2D eigenvalue weighted by atomic mass is 9.98. The second-order valence-electron chi connectivity index (χ2n) is 5.41. The molecule has 2 rings (SSSR count). The van der Waals surface area contributed by atoms with Crippen molar-refractivity contribution in [1.82, 2.24) is 9.62 Å². The van der Waals surface area contributed by atoms with E-state index in [1.165, 1.54) is 10.4 Å². The van der Waals surface area contributed by atoms with Crippen molar-refractivity contribution in [2.24, 2.45) is 5.92 Å². The number of amides is 1. The van der Waals surface area contributed by atoms with E-state index in [1.54, 1.807) is 25.1 Å². The Morgan fingerprint density at radius 2 is 2.14 bits per heavy atom. The molecule has 0 spiro atoms. The molecule has 0 aromatic heterocycles. The van der Waals surface area contributed by atoms with Gasteiger partial charge in [0.2, 0.25) is 15.9 Å². The van der Waals surface area contributed by atoms with Crippen LogP contribution >= 0.6 is 0 Å². The van der Waals surface area contributed by atoms with Crippen LogP contribution in [0.2, 0.25) is 0 Å². The number of rotatable bonds is 5. The molecule has 1 unspecified atom stereocenters. The van der Waals surface area contributed by atoms with Crippen LogP contribution in [0.25, 0.3) is 0 Å². The Bertz CT molecular complexity index is 633. The maximum atomic E-state index is 13.5. The van der Waals surface area contributed by atoms with E-state index in [2.05, 4.69) is 5.32 Å². The predicted molar refractivity (Wildman–Crippen MR) is 82.0 cm³/mol. The molecular weight excluding hydrogens is 307 g/mol. The quantitative estimate of drug-likeness (QED) is 0.891. The molecule has 122 valence electrons. The van der Waals surface area contributed by atoms with Crippen LogP contribution in [-0.4, -0.2) is 37.5 Å². The van der Waals surface area contributed by atoms with Crippen LogP contribution in [-0.2, 0) is 21.4 Å². The van der Waals surface area contributed by atoms with Crippen molar-refractivity contribution >= 4 is 15.9 Å². The van der Waals surface area contributed by atoms with Crippen LogP contribution in [0.3, 0.4) is 0 Å². The topological polar surface area (TPSA) is 66.5 Å². The second kappa shape index (κ2) is 7.19. The molecule has 22 heavy (non-hydrogen) atoms. The van der Waals surface area contributed by atoms with Crippen LogP contribution in [0.1, 0.15) is 25.3 Å². The Morgan fingerprint density at radius 3 is 2.82 bits per heavy atom. The standard InChI is InChI=1S/C15H21FN2O3S/c1-2-22(20,21)18-9-5-7-13(11-18)15(19)17-10-12-6-3-4-8-14(12)16/h3-4,6,8,13H,2,5,7,9-11H2,1H3,(H,17,19). The molecule has 1 fully saturated rings. The molecule has 1 N–H and O–H groups in total. The second-order valence-corrected chi connectivity index (χ2v) is 7.66. The van der Waals surface area contributed by atoms with Crippen molar-refractivity contribution < 1.29 is 17.6 Å². The van der Waals surface area contributed by atoms with E-state index in [-0.39, 0.29) is 36.5 Å². The molecule has 0 bridgehead atoms. The van der Waals surface area contributed by atoms with E-state index >= 15 is 0 Å². The van der Waals surface area contributed by atoms with E-state index < -0.39 is 10.0 Å².